The number of likely N-dealkylation sites (tertiary alicyclic amines) is 1. The van der Waals surface area contributed by atoms with Crippen molar-refractivity contribution in [2.45, 2.75) is 32.8 Å². The van der Waals surface area contributed by atoms with Crippen LogP contribution in [0.4, 0.5) is 11.5 Å². The van der Waals surface area contributed by atoms with Gasteiger partial charge in [0.15, 0.2) is 11.5 Å². The van der Waals surface area contributed by atoms with Crippen molar-refractivity contribution in [3.63, 3.8) is 0 Å². The molecule has 0 aliphatic carbocycles. The Bertz CT molecular complexity index is 1240. The van der Waals surface area contributed by atoms with Crippen LogP contribution in [-0.4, -0.2) is 67.4 Å². The minimum atomic E-state index is -0.397. The number of halogens is 3. The van der Waals surface area contributed by atoms with Gasteiger partial charge in [0, 0.05) is 24.1 Å². The first-order chi connectivity index (χ1) is 17.9. The molecular weight excluding hydrogens is 567 g/mol. The Morgan fingerprint density at radius 3 is 2.46 bits per heavy atom. The first-order valence-corrected chi connectivity index (χ1v) is 12.7. The van der Waals surface area contributed by atoms with E-state index < -0.39 is 6.10 Å². The number of nitrogens with one attached hydrogen (secondary N) is 1. The van der Waals surface area contributed by atoms with Gasteiger partial charge in [-0.2, -0.15) is 0 Å². The smallest absolute Gasteiger partial charge is 0.308 e. The summed E-state index contributed by atoms with van der Waals surface area (Å²) in [6, 6.07) is 8.95. The van der Waals surface area contributed by atoms with Crippen molar-refractivity contribution in [1.82, 2.24) is 14.9 Å². The molecular formula is C27H35Cl3N4O5. The average molecular weight is 602 g/mol. The summed E-state index contributed by atoms with van der Waals surface area (Å²) < 4.78 is 22.9. The largest absolute Gasteiger partial charge is 0.497 e. The molecule has 0 amide bonds. The number of aromatic nitrogens is 2. The second-order valence-corrected chi connectivity index (χ2v) is 9.65. The molecule has 1 aliphatic heterocycles. The third-order valence-corrected chi connectivity index (χ3v) is 6.52. The van der Waals surface area contributed by atoms with Crippen LogP contribution >= 0.6 is 36.4 Å². The Morgan fingerprint density at radius 1 is 1.05 bits per heavy atom. The fraction of sp³-hybridized carbons (Fsp3) is 0.444. The molecule has 2 aromatic carbocycles. The number of nitrogens with zero attached hydrogens (tertiary/aromatic N) is 3. The lowest BCUT2D eigenvalue weighted by Gasteiger charge is -2.25. The van der Waals surface area contributed by atoms with Gasteiger partial charge in [0.2, 0.25) is 0 Å². The van der Waals surface area contributed by atoms with E-state index in [4.69, 9.17) is 30.5 Å². The van der Waals surface area contributed by atoms with Gasteiger partial charge in [0.1, 0.15) is 30.6 Å². The van der Waals surface area contributed by atoms with Crippen LogP contribution in [0.3, 0.4) is 0 Å². The van der Waals surface area contributed by atoms with E-state index in [2.05, 4.69) is 20.2 Å². The van der Waals surface area contributed by atoms with Crippen LogP contribution in [0.25, 0.3) is 10.9 Å². The normalized spacial score (nSPS) is 13.8. The lowest BCUT2D eigenvalue weighted by molar-refractivity contribution is -0.155. The first kappa shape index (κ1) is 32.5. The van der Waals surface area contributed by atoms with Crippen molar-refractivity contribution >= 4 is 64.8 Å². The number of hydrogen-bond acceptors (Lipinski definition) is 9. The molecule has 12 heteroatoms. The molecule has 1 aromatic heterocycles. The van der Waals surface area contributed by atoms with Gasteiger partial charge in [0.25, 0.3) is 0 Å². The van der Waals surface area contributed by atoms with E-state index in [1.54, 1.807) is 38.5 Å². The summed E-state index contributed by atoms with van der Waals surface area (Å²) in [4.78, 5) is 23.4. The number of rotatable bonds is 11. The Balaban J connectivity index is 0.00000267. The van der Waals surface area contributed by atoms with Crippen molar-refractivity contribution in [3.8, 4) is 17.2 Å². The molecule has 1 N–H and O–H groups in total. The quantitative estimate of drug-likeness (QED) is 0.268. The second kappa shape index (κ2) is 15.2. The standard InChI is InChI=1S/C27H33ClN4O5.2ClH/c1-17(2)27(33)37-19(14-32-9-5-6-10-32)15-36-25-13-22-20(12-24(25)35-4)26(30-16-29-22)31-23-11-18(34-3)7-8-21(23)28;;/h7-8,11-13,16-17,19H,5-6,9-10,14-15H2,1-4H3,(H,29,30,31);2*1H. The Labute approximate surface area is 246 Å². The molecule has 0 saturated carbocycles. The van der Waals surface area contributed by atoms with Crippen molar-refractivity contribution < 1.29 is 23.7 Å². The molecule has 1 aliphatic rings. The zero-order valence-electron chi connectivity index (χ0n) is 22.4. The molecule has 214 valence electrons. The highest BCUT2D eigenvalue weighted by Crippen LogP contribution is 2.36. The SMILES string of the molecule is COc1ccc(Cl)c(Nc2ncnc3cc(OCC(CN4CCCC4)OC(=O)C(C)C)c(OC)cc23)c1.Cl.Cl. The van der Waals surface area contributed by atoms with Gasteiger partial charge in [-0.3, -0.25) is 9.69 Å². The number of benzene rings is 2. The maximum absolute atomic E-state index is 12.3. The lowest BCUT2D eigenvalue weighted by atomic mass is 10.2. The highest BCUT2D eigenvalue weighted by atomic mass is 35.5. The van der Waals surface area contributed by atoms with Crippen molar-refractivity contribution in [3.05, 3.63) is 41.7 Å². The Kier molecular flexibility index (Phi) is 12.6. The molecule has 1 fully saturated rings. The van der Waals surface area contributed by atoms with Crippen LogP contribution in [0, 0.1) is 5.92 Å². The van der Waals surface area contributed by atoms with Gasteiger partial charge in [-0.1, -0.05) is 25.4 Å². The molecule has 39 heavy (non-hydrogen) atoms. The molecule has 3 aromatic rings. The fourth-order valence-corrected chi connectivity index (χ4v) is 4.32. The summed E-state index contributed by atoms with van der Waals surface area (Å²) >= 11 is 6.38. The predicted octanol–water partition coefficient (Wildman–Crippen LogP) is 5.93. The van der Waals surface area contributed by atoms with Crippen LogP contribution in [0.1, 0.15) is 26.7 Å². The second-order valence-electron chi connectivity index (χ2n) is 9.25. The minimum Gasteiger partial charge on any atom is -0.497 e. The third kappa shape index (κ3) is 8.38. The van der Waals surface area contributed by atoms with E-state index in [1.165, 1.54) is 6.33 Å². The van der Waals surface area contributed by atoms with Gasteiger partial charge < -0.3 is 24.3 Å². The highest BCUT2D eigenvalue weighted by molar-refractivity contribution is 6.33. The van der Waals surface area contributed by atoms with Crippen LogP contribution < -0.4 is 19.5 Å². The number of esters is 1. The number of fused-ring (bicyclic) bond motifs is 1. The number of carbonyl (C=O) groups excluding carboxylic acids is 1. The van der Waals surface area contributed by atoms with Gasteiger partial charge in [-0.05, 0) is 44.1 Å². The van der Waals surface area contributed by atoms with E-state index >= 15 is 0 Å². The van der Waals surface area contributed by atoms with Gasteiger partial charge in [-0.15, -0.1) is 24.8 Å². The van der Waals surface area contributed by atoms with E-state index in [-0.39, 0.29) is 43.3 Å². The van der Waals surface area contributed by atoms with E-state index in [9.17, 15) is 4.79 Å². The number of anilines is 2. The molecule has 1 atom stereocenters. The molecule has 0 bridgehead atoms. The zero-order chi connectivity index (χ0) is 26.4. The Morgan fingerprint density at radius 2 is 1.79 bits per heavy atom. The molecule has 9 nitrogen and oxygen atoms in total. The van der Waals surface area contributed by atoms with Gasteiger partial charge in [-0.25, -0.2) is 9.97 Å². The first-order valence-electron chi connectivity index (χ1n) is 12.4. The van der Waals surface area contributed by atoms with Crippen LogP contribution in [0.15, 0.2) is 36.7 Å². The summed E-state index contributed by atoms with van der Waals surface area (Å²) in [5, 5.41) is 4.52. The van der Waals surface area contributed by atoms with Crippen LogP contribution in [0.2, 0.25) is 5.02 Å². The number of hydrogen-bond donors (Lipinski definition) is 1. The average Bonchev–Trinajstić information content (AvgIpc) is 3.41. The molecule has 1 saturated heterocycles. The minimum absolute atomic E-state index is 0. The summed E-state index contributed by atoms with van der Waals surface area (Å²) in [6.07, 6.45) is 3.38. The molecule has 1 unspecified atom stereocenters. The fourth-order valence-electron chi connectivity index (χ4n) is 4.15. The summed E-state index contributed by atoms with van der Waals surface area (Å²) in [6.45, 7) is 6.48. The molecule has 2 heterocycles. The van der Waals surface area contributed by atoms with Crippen molar-refractivity contribution in [2.24, 2.45) is 5.92 Å². The van der Waals surface area contributed by atoms with E-state index in [1.807, 2.05) is 19.9 Å². The van der Waals surface area contributed by atoms with Crippen molar-refractivity contribution in [2.75, 3.05) is 45.8 Å². The van der Waals surface area contributed by atoms with Crippen molar-refractivity contribution in [1.29, 1.82) is 0 Å². The van der Waals surface area contributed by atoms with Gasteiger partial charge >= 0.3 is 5.97 Å². The molecule has 4 rings (SSSR count). The monoisotopic (exact) mass is 600 g/mol. The number of ether oxygens (including phenoxy) is 4. The lowest BCUT2D eigenvalue weighted by Crippen LogP contribution is -2.38. The predicted molar refractivity (Wildman–Crippen MR) is 158 cm³/mol. The molecule has 0 spiro atoms. The zero-order valence-corrected chi connectivity index (χ0v) is 24.8. The highest BCUT2D eigenvalue weighted by Gasteiger charge is 2.24. The molecule has 0 radical (unpaired) electrons. The van der Waals surface area contributed by atoms with E-state index in [0.717, 1.165) is 31.3 Å². The maximum Gasteiger partial charge on any atom is 0.308 e. The Hall–Kier alpha value is -2.72. The number of methoxy groups -OCH3 is 2. The summed E-state index contributed by atoms with van der Waals surface area (Å²) in [5.41, 5.74) is 1.31. The van der Waals surface area contributed by atoms with Crippen LogP contribution in [0.5, 0.6) is 17.2 Å². The van der Waals surface area contributed by atoms with E-state index in [0.29, 0.717) is 45.8 Å². The third-order valence-electron chi connectivity index (χ3n) is 6.19. The summed E-state index contributed by atoms with van der Waals surface area (Å²) in [7, 11) is 3.17. The maximum atomic E-state index is 12.3. The van der Waals surface area contributed by atoms with Crippen LogP contribution in [-0.2, 0) is 9.53 Å². The summed E-state index contributed by atoms with van der Waals surface area (Å²) in [5.74, 6) is 1.79. The number of carbonyl (C=O) groups is 1. The topological polar surface area (TPSA) is 95.0 Å². The van der Waals surface area contributed by atoms with Gasteiger partial charge in [0.05, 0.1) is 36.4 Å².